The van der Waals surface area contributed by atoms with Gasteiger partial charge in [0.15, 0.2) is 17.2 Å². The second-order valence-electron chi connectivity index (χ2n) is 4.50. The van der Waals surface area contributed by atoms with Gasteiger partial charge in [0, 0.05) is 12.5 Å². The van der Waals surface area contributed by atoms with Crippen LogP contribution in [0.4, 0.5) is 0 Å². The molecule has 1 unspecified atom stereocenters. The monoisotopic (exact) mass is 246 g/mol. The molecule has 3 heterocycles. The van der Waals surface area contributed by atoms with Gasteiger partial charge in [0.05, 0.1) is 0 Å². The van der Waals surface area contributed by atoms with Crippen molar-refractivity contribution in [1.29, 1.82) is 0 Å². The van der Waals surface area contributed by atoms with Crippen molar-refractivity contribution in [3.05, 3.63) is 29.7 Å². The number of hydrogen-bond donors (Lipinski definition) is 2. The summed E-state index contributed by atoms with van der Waals surface area (Å²) >= 11 is 0. The number of rotatable bonds is 2. The molecule has 1 aliphatic rings. The molecule has 0 aliphatic carbocycles. The van der Waals surface area contributed by atoms with Crippen LogP contribution in [0.5, 0.6) is 0 Å². The zero-order chi connectivity index (χ0) is 12.5. The Kier molecular flexibility index (Phi) is 2.71. The first-order valence-corrected chi connectivity index (χ1v) is 6.05. The third kappa shape index (κ3) is 1.84. The molecule has 2 N–H and O–H groups in total. The van der Waals surface area contributed by atoms with Crippen LogP contribution in [0.1, 0.15) is 35.1 Å². The molecule has 1 aliphatic heterocycles. The highest BCUT2D eigenvalue weighted by molar-refractivity contribution is 5.86. The summed E-state index contributed by atoms with van der Waals surface area (Å²) in [5, 5.41) is 16.8. The predicted molar refractivity (Wildman–Crippen MR) is 64.8 cm³/mol. The molecule has 1 atom stereocenters. The second-order valence-corrected chi connectivity index (χ2v) is 4.50. The number of aromatic carboxylic acids is 1. The van der Waals surface area contributed by atoms with Crippen LogP contribution < -0.4 is 5.32 Å². The summed E-state index contributed by atoms with van der Waals surface area (Å²) in [4.78, 5) is 15.5. The van der Waals surface area contributed by atoms with Crippen LogP contribution in [0.2, 0.25) is 0 Å². The summed E-state index contributed by atoms with van der Waals surface area (Å²) < 4.78 is 1.41. The second kappa shape index (κ2) is 4.38. The van der Waals surface area contributed by atoms with Gasteiger partial charge in [-0.1, -0.05) is 6.07 Å². The van der Waals surface area contributed by atoms with Gasteiger partial charge < -0.3 is 10.4 Å². The minimum Gasteiger partial charge on any atom is -0.477 e. The molecule has 2 aromatic rings. The van der Waals surface area contributed by atoms with E-state index in [-0.39, 0.29) is 11.6 Å². The number of carbonyl (C=O) groups is 1. The largest absolute Gasteiger partial charge is 0.477 e. The number of aromatic nitrogens is 3. The minimum absolute atomic E-state index is 0.148. The first-order valence-electron chi connectivity index (χ1n) is 6.05. The molecule has 1 saturated heterocycles. The number of fused-ring (bicyclic) bond motifs is 1. The quantitative estimate of drug-likeness (QED) is 0.822. The Balaban J connectivity index is 2.04. The Morgan fingerprint density at radius 3 is 3.11 bits per heavy atom. The first kappa shape index (κ1) is 11.2. The van der Waals surface area contributed by atoms with Gasteiger partial charge >= 0.3 is 5.97 Å². The molecule has 0 amide bonds. The minimum atomic E-state index is -0.987. The van der Waals surface area contributed by atoms with Crippen LogP contribution in [-0.2, 0) is 0 Å². The van der Waals surface area contributed by atoms with Crippen LogP contribution in [0, 0.1) is 0 Å². The third-order valence-corrected chi connectivity index (χ3v) is 3.26. The lowest BCUT2D eigenvalue weighted by atomic mass is 9.99. The van der Waals surface area contributed by atoms with Gasteiger partial charge in [-0.2, -0.15) is 5.10 Å². The standard InChI is InChI=1S/C12H14N4O2/c17-12(18)9-4-1-5-10-14-11(15-16(9)10)8-3-2-6-13-7-8/h1,4-5,8,13H,2-3,6-7H2,(H,17,18). The van der Waals surface area contributed by atoms with Gasteiger partial charge in [-0.15, -0.1) is 0 Å². The molecule has 2 aromatic heterocycles. The molecule has 1 fully saturated rings. The molecule has 6 heteroatoms. The average Bonchev–Trinajstić information content (AvgIpc) is 2.83. The number of nitrogens with one attached hydrogen (secondary N) is 1. The summed E-state index contributed by atoms with van der Waals surface area (Å²) in [7, 11) is 0. The number of pyridine rings is 1. The van der Waals surface area contributed by atoms with Crippen LogP contribution in [0.3, 0.4) is 0 Å². The zero-order valence-electron chi connectivity index (χ0n) is 9.83. The summed E-state index contributed by atoms with van der Waals surface area (Å²) in [6.07, 6.45) is 2.15. The van der Waals surface area contributed by atoms with Crippen molar-refractivity contribution in [2.24, 2.45) is 0 Å². The number of nitrogens with zero attached hydrogens (tertiary/aromatic N) is 3. The average molecular weight is 246 g/mol. The maximum absolute atomic E-state index is 11.1. The number of carboxylic acid groups (broad SMARTS) is 1. The molecule has 94 valence electrons. The van der Waals surface area contributed by atoms with E-state index in [0.717, 1.165) is 31.8 Å². The smallest absolute Gasteiger partial charge is 0.354 e. The lowest BCUT2D eigenvalue weighted by Crippen LogP contribution is -2.29. The van der Waals surface area contributed by atoms with Crippen molar-refractivity contribution < 1.29 is 9.90 Å². The van der Waals surface area contributed by atoms with Gasteiger partial charge in [0.25, 0.3) is 0 Å². The fourth-order valence-corrected chi connectivity index (χ4v) is 2.33. The molecule has 18 heavy (non-hydrogen) atoms. The Morgan fingerprint density at radius 1 is 1.50 bits per heavy atom. The molecular weight excluding hydrogens is 232 g/mol. The summed E-state index contributed by atoms with van der Waals surface area (Å²) in [6, 6.07) is 5.00. The molecule has 0 saturated carbocycles. The molecule has 0 radical (unpaired) electrons. The Morgan fingerprint density at radius 2 is 2.39 bits per heavy atom. The van der Waals surface area contributed by atoms with Gasteiger partial charge in [0.2, 0.25) is 0 Å². The van der Waals surface area contributed by atoms with E-state index < -0.39 is 5.97 Å². The van der Waals surface area contributed by atoms with E-state index in [9.17, 15) is 4.79 Å². The Bertz CT molecular complexity index is 587. The lowest BCUT2D eigenvalue weighted by Gasteiger charge is -2.19. The highest BCUT2D eigenvalue weighted by atomic mass is 16.4. The van der Waals surface area contributed by atoms with Crippen molar-refractivity contribution >= 4 is 11.6 Å². The van der Waals surface area contributed by atoms with E-state index in [1.54, 1.807) is 12.1 Å². The van der Waals surface area contributed by atoms with E-state index >= 15 is 0 Å². The van der Waals surface area contributed by atoms with E-state index in [1.807, 2.05) is 0 Å². The van der Waals surface area contributed by atoms with Crippen LogP contribution in [0.25, 0.3) is 5.65 Å². The van der Waals surface area contributed by atoms with Gasteiger partial charge in [-0.3, -0.25) is 0 Å². The molecule has 3 rings (SSSR count). The fraction of sp³-hybridized carbons (Fsp3) is 0.417. The third-order valence-electron chi connectivity index (χ3n) is 3.26. The van der Waals surface area contributed by atoms with E-state index in [2.05, 4.69) is 15.4 Å². The van der Waals surface area contributed by atoms with Gasteiger partial charge in [-0.05, 0) is 31.5 Å². The lowest BCUT2D eigenvalue weighted by molar-refractivity contribution is 0.0687. The summed E-state index contributed by atoms with van der Waals surface area (Å²) in [5.74, 6) is 0.0232. The van der Waals surface area contributed by atoms with E-state index in [1.165, 1.54) is 10.6 Å². The summed E-state index contributed by atoms with van der Waals surface area (Å²) in [6.45, 7) is 1.89. The predicted octanol–water partition coefficient (Wildman–Crippen LogP) is 0.894. The van der Waals surface area contributed by atoms with Crippen LogP contribution in [0.15, 0.2) is 18.2 Å². The molecule has 6 nitrogen and oxygen atoms in total. The molecular formula is C12H14N4O2. The Labute approximate surface area is 104 Å². The molecule has 0 aromatic carbocycles. The Hall–Kier alpha value is -1.95. The first-order chi connectivity index (χ1) is 8.75. The van der Waals surface area contributed by atoms with E-state index in [0.29, 0.717) is 5.65 Å². The van der Waals surface area contributed by atoms with Crippen molar-refractivity contribution in [3.63, 3.8) is 0 Å². The highest BCUT2D eigenvalue weighted by Crippen LogP contribution is 2.21. The maximum atomic E-state index is 11.1. The summed E-state index contributed by atoms with van der Waals surface area (Å²) in [5.41, 5.74) is 0.741. The fourth-order valence-electron chi connectivity index (χ4n) is 2.33. The SMILES string of the molecule is O=C(O)c1cccc2nc(C3CCCNC3)nn12. The van der Waals surface area contributed by atoms with Crippen molar-refractivity contribution in [2.45, 2.75) is 18.8 Å². The van der Waals surface area contributed by atoms with E-state index in [4.69, 9.17) is 5.11 Å². The van der Waals surface area contributed by atoms with Gasteiger partial charge in [0.1, 0.15) is 0 Å². The number of hydrogen-bond acceptors (Lipinski definition) is 4. The molecule has 0 bridgehead atoms. The van der Waals surface area contributed by atoms with Crippen LogP contribution in [-0.4, -0.2) is 38.8 Å². The number of carboxylic acids is 1. The normalized spacial score (nSPS) is 20.1. The van der Waals surface area contributed by atoms with Crippen LogP contribution >= 0.6 is 0 Å². The molecule has 0 spiro atoms. The highest BCUT2D eigenvalue weighted by Gasteiger charge is 2.21. The van der Waals surface area contributed by atoms with Crippen molar-refractivity contribution in [1.82, 2.24) is 19.9 Å². The van der Waals surface area contributed by atoms with Crippen molar-refractivity contribution in [2.75, 3.05) is 13.1 Å². The maximum Gasteiger partial charge on any atom is 0.354 e. The van der Waals surface area contributed by atoms with Gasteiger partial charge in [-0.25, -0.2) is 14.3 Å². The topological polar surface area (TPSA) is 79.5 Å². The number of piperidine rings is 1. The zero-order valence-corrected chi connectivity index (χ0v) is 9.83. The van der Waals surface area contributed by atoms with Crippen molar-refractivity contribution in [3.8, 4) is 0 Å².